The highest BCUT2D eigenvalue weighted by atomic mass is 19.4. The maximum absolute atomic E-state index is 12.3. The van der Waals surface area contributed by atoms with Crippen LogP contribution in [0.15, 0.2) is 24.3 Å². The van der Waals surface area contributed by atoms with Crippen molar-refractivity contribution in [3.63, 3.8) is 0 Å². The quantitative estimate of drug-likeness (QED) is 0.887. The number of nitrogens with two attached hydrogens (primary N) is 1. The van der Waals surface area contributed by atoms with Crippen LogP contribution in [0, 0.1) is 0 Å². The lowest BCUT2D eigenvalue weighted by molar-refractivity contribution is -0.137. The molecule has 1 atom stereocenters. The lowest BCUT2D eigenvalue weighted by Crippen LogP contribution is -2.32. The van der Waals surface area contributed by atoms with E-state index in [1.165, 1.54) is 0 Å². The van der Waals surface area contributed by atoms with Gasteiger partial charge in [-0.05, 0) is 30.7 Å². The van der Waals surface area contributed by atoms with Gasteiger partial charge in [-0.3, -0.25) is 4.79 Å². The van der Waals surface area contributed by atoms with Gasteiger partial charge in [-0.2, -0.15) is 13.2 Å². The van der Waals surface area contributed by atoms with Gasteiger partial charge in [0.2, 0.25) is 0 Å². The lowest BCUT2D eigenvalue weighted by Gasteiger charge is -2.14. The second-order valence-corrected chi connectivity index (χ2v) is 3.44. The smallest absolute Gasteiger partial charge is 0.416 e. The standard InChI is InChI=1S/C11H12F3NO2/c1-2-9(10(15)16)17-8-5-3-7(4-6-8)11(12,13)14/h3-6,9H,2H2,1H3,(H2,15,16). The van der Waals surface area contributed by atoms with Crippen LogP contribution < -0.4 is 10.5 Å². The molecule has 0 fully saturated rings. The number of carbonyl (C=O) groups is 1. The zero-order valence-corrected chi connectivity index (χ0v) is 9.12. The zero-order chi connectivity index (χ0) is 13.1. The van der Waals surface area contributed by atoms with Crippen LogP contribution >= 0.6 is 0 Å². The molecule has 0 spiro atoms. The molecule has 0 heterocycles. The van der Waals surface area contributed by atoms with Gasteiger partial charge in [-0.1, -0.05) is 6.92 Å². The number of halogens is 3. The van der Waals surface area contributed by atoms with Gasteiger partial charge >= 0.3 is 6.18 Å². The fourth-order valence-corrected chi connectivity index (χ4v) is 1.23. The van der Waals surface area contributed by atoms with E-state index in [0.717, 1.165) is 24.3 Å². The van der Waals surface area contributed by atoms with Crippen LogP contribution in [-0.2, 0) is 11.0 Å². The maximum atomic E-state index is 12.3. The third-order valence-electron chi connectivity index (χ3n) is 2.15. The second-order valence-electron chi connectivity index (χ2n) is 3.44. The summed E-state index contributed by atoms with van der Waals surface area (Å²) >= 11 is 0. The molecule has 2 N–H and O–H groups in total. The molecular weight excluding hydrogens is 235 g/mol. The van der Waals surface area contributed by atoms with Crippen molar-refractivity contribution in [3.05, 3.63) is 29.8 Å². The fraction of sp³-hybridized carbons (Fsp3) is 0.364. The molecule has 1 amide bonds. The van der Waals surface area contributed by atoms with Crippen molar-refractivity contribution in [2.45, 2.75) is 25.6 Å². The Bertz CT molecular complexity index is 387. The van der Waals surface area contributed by atoms with Crippen molar-refractivity contribution < 1.29 is 22.7 Å². The van der Waals surface area contributed by atoms with E-state index >= 15 is 0 Å². The van der Waals surface area contributed by atoms with Crippen molar-refractivity contribution in [3.8, 4) is 5.75 Å². The summed E-state index contributed by atoms with van der Waals surface area (Å²) in [5.41, 5.74) is 4.28. The van der Waals surface area contributed by atoms with Gasteiger partial charge in [0, 0.05) is 0 Å². The molecule has 0 aromatic heterocycles. The van der Waals surface area contributed by atoms with Gasteiger partial charge in [0.05, 0.1) is 5.56 Å². The summed E-state index contributed by atoms with van der Waals surface area (Å²) in [6.07, 6.45) is -4.85. The van der Waals surface area contributed by atoms with Gasteiger partial charge in [-0.25, -0.2) is 0 Å². The first-order valence-corrected chi connectivity index (χ1v) is 4.97. The molecule has 1 rings (SSSR count). The Morgan fingerprint density at radius 2 is 1.88 bits per heavy atom. The molecule has 0 aliphatic heterocycles. The average Bonchev–Trinajstić information content (AvgIpc) is 2.25. The Balaban J connectivity index is 2.78. The second kappa shape index (κ2) is 5.07. The molecule has 0 saturated heterocycles. The van der Waals surface area contributed by atoms with E-state index in [4.69, 9.17) is 10.5 Å². The number of benzene rings is 1. The summed E-state index contributed by atoms with van der Waals surface area (Å²) < 4.78 is 41.9. The van der Waals surface area contributed by atoms with Crippen molar-refractivity contribution in [2.75, 3.05) is 0 Å². The van der Waals surface area contributed by atoms with Crippen molar-refractivity contribution >= 4 is 5.91 Å². The normalized spacial score (nSPS) is 13.2. The van der Waals surface area contributed by atoms with Crippen LogP contribution in [0.25, 0.3) is 0 Å². The molecule has 1 aromatic rings. The first-order chi connectivity index (χ1) is 7.84. The number of carbonyl (C=O) groups excluding carboxylic acids is 1. The highest BCUT2D eigenvalue weighted by Gasteiger charge is 2.30. The third-order valence-corrected chi connectivity index (χ3v) is 2.15. The summed E-state index contributed by atoms with van der Waals surface area (Å²) in [6, 6.07) is 4.11. The van der Waals surface area contributed by atoms with Crippen LogP contribution in [-0.4, -0.2) is 12.0 Å². The van der Waals surface area contributed by atoms with E-state index in [2.05, 4.69) is 0 Å². The molecule has 0 saturated carbocycles. The highest BCUT2D eigenvalue weighted by Crippen LogP contribution is 2.30. The lowest BCUT2D eigenvalue weighted by atomic mass is 10.2. The van der Waals surface area contributed by atoms with E-state index in [1.54, 1.807) is 6.92 Å². The molecule has 6 heteroatoms. The minimum absolute atomic E-state index is 0.184. The summed E-state index contributed by atoms with van der Waals surface area (Å²) in [7, 11) is 0. The van der Waals surface area contributed by atoms with E-state index in [0.29, 0.717) is 6.42 Å². The highest BCUT2D eigenvalue weighted by molar-refractivity contribution is 5.79. The predicted molar refractivity (Wildman–Crippen MR) is 55.3 cm³/mol. The van der Waals surface area contributed by atoms with Crippen LogP contribution in [0.1, 0.15) is 18.9 Å². The molecule has 0 bridgehead atoms. The van der Waals surface area contributed by atoms with Crippen molar-refractivity contribution in [1.29, 1.82) is 0 Å². The van der Waals surface area contributed by atoms with Crippen LogP contribution in [0.3, 0.4) is 0 Å². The minimum atomic E-state index is -4.38. The van der Waals surface area contributed by atoms with Crippen molar-refractivity contribution in [1.82, 2.24) is 0 Å². The van der Waals surface area contributed by atoms with Crippen LogP contribution in [0.5, 0.6) is 5.75 Å². The molecule has 0 aliphatic rings. The predicted octanol–water partition coefficient (Wildman–Crippen LogP) is 2.35. The summed E-state index contributed by atoms with van der Waals surface area (Å²) in [5.74, 6) is -0.462. The number of hydrogen-bond donors (Lipinski definition) is 1. The van der Waals surface area contributed by atoms with Crippen LogP contribution in [0.4, 0.5) is 13.2 Å². The molecule has 94 valence electrons. The Hall–Kier alpha value is -1.72. The zero-order valence-electron chi connectivity index (χ0n) is 9.12. The number of ether oxygens (including phenoxy) is 1. The SMILES string of the molecule is CCC(Oc1ccc(C(F)(F)F)cc1)C(N)=O. The summed E-state index contributed by atoms with van der Waals surface area (Å²) in [6.45, 7) is 1.69. The van der Waals surface area contributed by atoms with Crippen molar-refractivity contribution in [2.24, 2.45) is 5.73 Å². The summed E-state index contributed by atoms with van der Waals surface area (Å²) in [5, 5.41) is 0. The summed E-state index contributed by atoms with van der Waals surface area (Å²) in [4.78, 5) is 10.9. The topological polar surface area (TPSA) is 52.3 Å². The largest absolute Gasteiger partial charge is 0.481 e. The minimum Gasteiger partial charge on any atom is -0.481 e. The first kappa shape index (κ1) is 13.3. The monoisotopic (exact) mass is 247 g/mol. The van der Waals surface area contributed by atoms with E-state index in [9.17, 15) is 18.0 Å². The number of primary amides is 1. The van der Waals surface area contributed by atoms with Crippen LogP contribution in [0.2, 0.25) is 0 Å². The van der Waals surface area contributed by atoms with E-state index < -0.39 is 23.8 Å². The molecular formula is C11H12F3NO2. The maximum Gasteiger partial charge on any atom is 0.416 e. The van der Waals surface area contributed by atoms with Gasteiger partial charge in [0.15, 0.2) is 6.10 Å². The molecule has 0 radical (unpaired) electrons. The van der Waals surface area contributed by atoms with Gasteiger partial charge in [0.1, 0.15) is 5.75 Å². The Morgan fingerprint density at radius 1 is 1.35 bits per heavy atom. The molecule has 17 heavy (non-hydrogen) atoms. The van der Waals surface area contributed by atoms with Gasteiger partial charge in [-0.15, -0.1) is 0 Å². The molecule has 0 aliphatic carbocycles. The fourth-order valence-electron chi connectivity index (χ4n) is 1.23. The third kappa shape index (κ3) is 3.65. The number of alkyl halides is 3. The number of amides is 1. The van der Waals surface area contributed by atoms with E-state index in [1.807, 2.05) is 0 Å². The van der Waals surface area contributed by atoms with E-state index in [-0.39, 0.29) is 5.75 Å². The molecule has 1 unspecified atom stereocenters. The number of hydrogen-bond acceptors (Lipinski definition) is 2. The number of rotatable bonds is 4. The average molecular weight is 247 g/mol. The Kier molecular flexibility index (Phi) is 3.98. The Morgan fingerprint density at radius 3 is 2.24 bits per heavy atom. The Labute approximate surface area is 96.4 Å². The molecule has 3 nitrogen and oxygen atoms in total. The van der Waals surface area contributed by atoms with Gasteiger partial charge in [0.25, 0.3) is 5.91 Å². The van der Waals surface area contributed by atoms with Gasteiger partial charge < -0.3 is 10.5 Å². The molecule has 1 aromatic carbocycles. The first-order valence-electron chi connectivity index (χ1n) is 4.97.